The number of rotatable bonds is 3. The van der Waals surface area contributed by atoms with Gasteiger partial charge >= 0.3 is 0 Å². The summed E-state index contributed by atoms with van der Waals surface area (Å²) >= 11 is 5.91. The Morgan fingerprint density at radius 1 is 1.47 bits per heavy atom. The molecular weight excluding hydrogens is 292 g/mol. The molecule has 104 valence electrons. The van der Waals surface area contributed by atoms with Gasteiger partial charge in [0.15, 0.2) is 0 Å². The smallest absolute Gasteiger partial charge is 0.253 e. The highest BCUT2D eigenvalue weighted by molar-refractivity contribution is 7.89. The Labute approximate surface area is 115 Å². The summed E-state index contributed by atoms with van der Waals surface area (Å²) in [4.78, 5) is 11.7. The third-order valence-electron chi connectivity index (χ3n) is 2.75. The number of carbonyl (C=O) groups is 1. The van der Waals surface area contributed by atoms with E-state index in [1.807, 2.05) is 0 Å². The second kappa shape index (κ2) is 5.46. The number of sulfonamides is 1. The Morgan fingerprint density at radius 3 is 2.74 bits per heavy atom. The van der Waals surface area contributed by atoms with Gasteiger partial charge in [-0.15, -0.1) is 0 Å². The van der Waals surface area contributed by atoms with Gasteiger partial charge in [-0.3, -0.25) is 4.79 Å². The molecule has 1 aromatic carbocycles. The van der Waals surface area contributed by atoms with Gasteiger partial charge in [-0.25, -0.2) is 13.6 Å². The number of amides is 1. The molecule has 0 spiro atoms. The lowest BCUT2D eigenvalue weighted by molar-refractivity contribution is -0.124. The summed E-state index contributed by atoms with van der Waals surface area (Å²) in [6.45, 7) is 0.566. The first kappa shape index (κ1) is 14.3. The summed E-state index contributed by atoms with van der Waals surface area (Å²) in [5.74, 6) is -0.289. The van der Waals surface area contributed by atoms with Crippen molar-refractivity contribution in [1.29, 1.82) is 0 Å². The minimum Gasteiger partial charge on any atom is -0.368 e. The van der Waals surface area contributed by atoms with Crippen LogP contribution in [0.4, 0.5) is 5.69 Å². The third kappa shape index (κ3) is 3.44. The molecule has 1 saturated heterocycles. The van der Waals surface area contributed by atoms with Gasteiger partial charge in [0, 0.05) is 6.61 Å². The van der Waals surface area contributed by atoms with Gasteiger partial charge in [0.2, 0.25) is 10.0 Å². The first-order valence-electron chi connectivity index (χ1n) is 5.63. The Bertz CT molecular complexity index is 597. The number of halogens is 1. The molecule has 1 atom stereocenters. The van der Waals surface area contributed by atoms with Crippen molar-refractivity contribution in [2.75, 3.05) is 11.9 Å². The standard InChI is InChI=1S/C11H13ClN2O4S/c12-8-6-7(19(13,16)17)3-4-9(8)14-11(15)10-2-1-5-18-10/h3-4,6,10H,1-2,5H2,(H,14,15)(H2,13,16,17). The minimum atomic E-state index is -3.81. The van der Waals surface area contributed by atoms with Crippen LogP contribution in [-0.2, 0) is 19.6 Å². The Kier molecular flexibility index (Phi) is 4.10. The van der Waals surface area contributed by atoms with Crippen LogP contribution in [0.3, 0.4) is 0 Å². The lowest BCUT2D eigenvalue weighted by Gasteiger charge is -2.12. The number of ether oxygens (including phenoxy) is 1. The third-order valence-corrected chi connectivity index (χ3v) is 3.97. The Hall–Kier alpha value is -1.15. The molecule has 1 heterocycles. The van der Waals surface area contributed by atoms with Gasteiger partial charge in [0.05, 0.1) is 15.6 Å². The lowest BCUT2D eigenvalue weighted by Crippen LogP contribution is -2.27. The van der Waals surface area contributed by atoms with Gasteiger partial charge in [-0.05, 0) is 31.0 Å². The fraction of sp³-hybridized carbons (Fsp3) is 0.364. The van der Waals surface area contributed by atoms with Gasteiger partial charge in [-0.2, -0.15) is 0 Å². The number of primary sulfonamides is 1. The molecular formula is C11H13ClN2O4S. The maximum atomic E-state index is 11.8. The Balaban J connectivity index is 2.15. The van der Waals surface area contributed by atoms with Crippen molar-refractivity contribution < 1.29 is 17.9 Å². The van der Waals surface area contributed by atoms with E-state index in [4.69, 9.17) is 21.5 Å². The molecule has 6 nitrogen and oxygen atoms in total. The van der Waals surface area contributed by atoms with Crippen LogP contribution in [0.15, 0.2) is 23.1 Å². The number of hydrogen-bond donors (Lipinski definition) is 2. The van der Waals surface area contributed by atoms with Crippen LogP contribution in [0, 0.1) is 0 Å². The van der Waals surface area contributed by atoms with E-state index in [1.165, 1.54) is 18.2 Å². The topological polar surface area (TPSA) is 98.5 Å². The van der Waals surface area contributed by atoms with Crippen LogP contribution in [0.5, 0.6) is 0 Å². The average Bonchev–Trinajstić information content (AvgIpc) is 2.84. The maximum Gasteiger partial charge on any atom is 0.253 e. The zero-order chi connectivity index (χ0) is 14.0. The lowest BCUT2D eigenvalue weighted by atomic mass is 10.2. The van der Waals surface area contributed by atoms with Crippen LogP contribution in [0.1, 0.15) is 12.8 Å². The van der Waals surface area contributed by atoms with Crippen LogP contribution in [-0.4, -0.2) is 27.0 Å². The average molecular weight is 305 g/mol. The second-order valence-corrected chi connectivity index (χ2v) is 6.15. The summed E-state index contributed by atoms with van der Waals surface area (Å²) < 4.78 is 27.5. The van der Waals surface area contributed by atoms with E-state index in [2.05, 4.69) is 5.32 Å². The van der Waals surface area contributed by atoms with Gasteiger partial charge in [0.1, 0.15) is 6.10 Å². The molecule has 0 saturated carbocycles. The molecule has 1 amide bonds. The van der Waals surface area contributed by atoms with E-state index in [1.54, 1.807) is 0 Å². The zero-order valence-electron chi connectivity index (χ0n) is 9.93. The van der Waals surface area contributed by atoms with Crippen molar-refractivity contribution in [3.63, 3.8) is 0 Å². The number of hydrogen-bond acceptors (Lipinski definition) is 4. The molecule has 2 rings (SSSR count). The van der Waals surface area contributed by atoms with E-state index < -0.39 is 16.1 Å². The molecule has 1 fully saturated rings. The number of nitrogens with one attached hydrogen (secondary N) is 1. The van der Waals surface area contributed by atoms with Crippen LogP contribution in [0.25, 0.3) is 0 Å². The summed E-state index contributed by atoms with van der Waals surface area (Å²) in [5, 5.41) is 7.69. The SMILES string of the molecule is NS(=O)(=O)c1ccc(NC(=O)C2CCCO2)c(Cl)c1. The highest BCUT2D eigenvalue weighted by Crippen LogP contribution is 2.25. The number of carbonyl (C=O) groups excluding carboxylic acids is 1. The second-order valence-electron chi connectivity index (χ2n) is 4.18. The molecule has 0 bridgehead atoms. The van der Waals surface area contributed by atoms with Crippen molar-refractivity contribution in [1.82, 2.24) is 0 Å². The van der Waals surface area contributed by atoms with Crippen LogP contribution in [0.2, 0.25) is 5.02 Å². The van der Waals surface area contributed by atoms with Gasteiger partial charge in [0.25, 0.3) is 5.91 Å². The van der Waals surface area contributed by atoms with Gasteiger partial charge in [-0.1, -0.05) is 11.6 Å². The predicted molar refractivity (Wildman–Crippen MR) is 70.4 cm³/mol. The molecule has 8 heteroatoms. The summed E-state index contributed by atoms with van der Waals surface area (Å²) in [6.07, 6.45) is 1.03. The van der Waals surface area contributed by atoms with E-state index in [-0.39, 0.29) is 15.8 Å². The highest BCUT2D eigenvalue weighted by Gasteiger charge is 2.24. The normalized spacial score (nSPS) is 19.4. The molecule has 1 aliphatic heterocycles. The van der Waals surface area contributed by atoms with Gasteiger partial charge < -0.3 is 10.1 Å². The number of anilines is 1. The molecule has 3 N–H and O–H groups in total. The maximum absolute atomic E-state index is 11.8. The Morgan fingerprint density at radius 2 is 2.21 bits per heavy atom. The van der Waals surface area contributed by atoms with Crippen molar-refractivity contribution in [2.24, 2.45) is 5.14 Å². The quantitative estimate of drug-likeness (QED) is 0.873. The summed E-state index contributed by atoms with van der Waals surface area (Å²) in [5.41, 5.74) is 0.328. The van der Waals surface area contributed by atoms with Crippen molar-refractivity contribution >= 4 is 33.2 Å². The fourth-order valence-electron chi connectivity index (χ4n) is 1.77. The van der Waals surface area contributed by atoms with Crippen LogP contribution >= 0.6 is 11.6 Å². The molecule has 0 aromatic heterocycles. The fourth-order valence-corrected chi connectivity index (χ4v) is 2.60. The van der Waals surface area contributed by atoms with Crippen molar-refractivity contribution in [3.8, 4) is 0 Å². The van der Waals surface area contributed by atoms with Crippen LogP contribution < -0.4 is 10.5 Å². The molecule has 1 aliphatic rings. The molecule has 1 unspecified atom stereocenters. The molecule has 1 aromatic rings. The molecule has 0 aliphatic carbocycles. The predicted octanol–water partition coefficient (Wildman–Crippen LogP) is 1.10. The van der Waals surface area contributed by atoms with Crippen molar-refractivity contribution in [2.45, 2.75) is 23.8 Å². The first-order valence-corrected chi connectivity index (χ1v) is 7.55. The monoisotopic (exact) mass is 304 g/mol. The minimum absolute atomic E-state index is 0.104. The van der Waals surface area contributed by atoms with E-state index in [0.717, 1.165) is 6.42 Å². The van der Waals surface area contributed by atoms with Crippen molar-refractivity contribution in [3.05, 3.63) is 23.2 Å². The zero-order valence-corrected chi connectivity index (χ0v) is 11.5. The molecule has 19 heavy (non-hydrogen) atoms. The van der Waals surface area contributed by atoms with E-state index in [9.17, 15) is 13.2 Å². The number of nitrogens with two attached hydrogens (primary N) is 1. The summed E-state index contributed by atoms with van der Waals surface area (Å²) in [6, 6.07) is 3.88. The van der Waals surface area contributed by atoms with E-state index in [0.29, 0.717) is 18.7 Å². The highest BCUT2D eigenvalue weighted by atomic mass is 35.5. The largest absolute Gasteiger partial charge is 0.368 e. The number of benzene rings is 1. The van der Waals surface area contributed by atoms with E-state index >= 15 is 0 Å². The summed E-state index contributed by atoms with van der Waals surface area (Å²) in [7, 11) is -3.81. The molecule has 0 radical (unpaired) electrons. The first-order chi connectivity index (χ1) is 8.88.